The first-order valence-corrected chi connectivity index (χ1v) is 12.1. The molecule has 2 heterocycles. The Morgan fingerprint density at radius 2 is 1.91 bits per heavy atom. The number of fused-ring (bicyclic) bond motifs is 3. The van der Waals surface area contributed by atoms with Crippen LogP contribution in [0, 0.1) is 0 Å². The molecule has 0 unspecified atom stereocenters. The zero-order chi connectivity index (χ0) is 17.0. The third-order valence-electron chi connectivity index (χ3n) is 4.67. The van der Waals surface area contributed by atoms with Crippen molar-refractivity contribution < 1.29 is 4.43 Å². The first kappa shape index (κ1) is 16.7. The van der Waals surface area contributed by atoms with Gasteiger partial charge in [0.15, 0.2) is 0 Å². The van der Waals surface area contributed by atoms with E-state index in [0.717, 1.165) is 31.2 Å². The normalized spacial score (nSPS) is 13.0. The highest BCUT2D eigenvalue weighted by Gasteiger charge is 2.39. The van der Waals surface area contributed by atoms with Crippen molar-refractivity contribution in [3.8, 4) is 5.75 Å². The standard InChI is InChI=1S/C17H20BrNO2SSi/c1-17(2,3)23(4,5)21-12-7-6-11-13(14(12)18)10-8-9-22-15(10)16(20)19-11/h6-9H,1-5H3,(H,19,20). The molecule has 0 atom stereocenters. The number of aromatic amines is 1. The lowest BCUT2D eigenvalue weighted by Gasteiger charge is -2.36. The highest BCUT2D eigenvalue weighted by Crippen LogP contribution is 2.42. The molecule has 0 radical (unpaired) electrons. The number of hydrogen-bond donors (Lipinski definition) is 1. The number of halogens is 1. The fraction of sp³-hybridized carbons (Fsp3) is 0.353. The van der Waals surface area contributed by atoms with Crippen molar-refractivity contribution in [2.75, 3.05) is 0 Å². The molecule has 23 heavy (non-hydrogen) atoms. The Morgan fingerprint density at radius 3 is 2.57 bits per heavy atom. The molecule has 6 heteroatoms. The summed E-state index contributed by atoms with van der Waals surface area (Å²) in [6.45, 7) is 11.1. The van der Waals surface area contributed by atoms with Crippen LogP contribution in [0.15, 0.2) is 32.8 Å². The van der Waals surface area contributed by atoms with Crippen LogP contribution in [0.5, 0.6) is 5.75 Å². The first-order chi connectivity index (χ1) is 10.6. The summed E-state index contributed by atoms with van der Waals surface area (Å²) in [7, 11) is -1.93. The van der Waals surface area contributed by atoms with Crippen molar-refractivity contribution in [3.63, 3.8) is 0 Å². The Balaban J connectivity index is 2.23. The molecule has 3 aromatic rings. The van der Waals surface area contributed by atoms with Crippen LogP contribution in [0.3, 0.4) is 0 Å². The molecule has 3 rings (SSSR count). The molecule has 0 fully saturated rings. The second-order valence-electron chi connectivity index (χ2n) is 7.28. The van der Waals surface area contributed by atoms with Gasteiger partial charge in [0.05, 0.1) is 9.99 Å². The van der Waals surface area contributed by atoms with Crippen molar-refractivity contribution in [3.05, 3.63) is 38.4 Å². The van der Waals surface area contributed by atoms with Gasteiger partial charge in [-0.1, -0.05) is 20.8 Å². The molecule has 0 aliphatic rings. The Hall–Kier alpha value is -1.11. The van der Waals surface area contributed by atoms with Gasteiger partial charge in [0.1, 0.15) is 10.4 Å². The van der Waals surface area contributed by atoms with E-state index in [4.69, 9.17) is 4.43 Å². The molecule has 0 saturated heterocycles. The molecule has 3 nitrogen and oxygen atoms in total. The fourth-order valence-electron chi connectivity index (χ4n) is 2.29. The summed E-state index contributed by atoms with van der Waals surface area (Å²) in [6, 6.07) is 5.88. The Morgan fingerprint density at radius 1 is 1.22 bits per heavy atom. The van der Waals surface area contributed by atoms with E-state index in [2.05, 4.69) is 54.8 Å². The molecule has 1 aromatic carbocycles. The maximum atomic E-state index is 12.1. The number of H-pyrrole nitrogens is 1. The van der Waals surface area contributed by atoms with Crippen LogP contribution in [0.2, 0.25) is 18.1 Å². The molecule has 0 spiro atoms. The van der Waals surface area contributed by atoms with Crippen molar-refractivity contribution in [1.29, 1.82) is 0 Å². The highest BCUT2D eigenvalue weighted by atomic mass is 79.9. The molecule has 0 saturated carbocycles. The molecule has 0 amide bonds. The Bertz CT molecular complexity index is 953. The van der Waals surface area contributed by atoms with E-state index in [-0.39, 0.29) is 10.6 Å². The third-order valence-corrected chi connectivity index (χ3v) is 10.7. The smallest absolute Gasteiger partial charge is 0.266 e. The van der Waals surface area contributed by atoms with Gasteiger partial charge in [-0.2, -0.15) is 0 Å². The molecular formula is C17H20BrNO2SSi. The summed E-state index contributed by atoms with van der Waals surface area (Å²) in [6.07, 6.45) is 0. The second-order valence-corrected chi connectivity index (χ2v) is 13.7. The van der Waals surface area contributed by atoms with Gasteiger partial charge in [0, 0.05) is 10.8 Å². The van der Waals surface area contributed by atoms with Crippen LogP contribution in [0.4, 0.5) is 0 Å². The summed E-state index contributed by atoms with van der Waals surface area (Å²) in [4.78, 5) is 15.1. The van der Waals surface area contributed by atoms with E-state index < -0.39 is 8.32 Å². The summed E-state index contributed by atoms with van der Waals surface area (Å²) in [5, 5.41) is 4.07. The van der Waals surface area contributed by atoms with Crippen molar-refractivity contribution in [2.45, 2.75) is 38.9 Å². The molecule has 122 valence electrons. The molecule has 0 aliphatic heterocycles. The largest absolute Gasteiger partial charge is 0.543 e. The predicted molar refractivity (Wildman–Crippen MR) is 105 cm³/mol. The fourth-order valence-corrected chi connectivity index (χ4v) is 4.90. The van der Waals surface area contributed by atoms with Gasteiger partial charge in [-0.25, -0.2) is 0 Å². The van der Waals surface area contributed by atoms with Crippen LogP contribution < -0.4 is 9.99 Å². The monoisotopic (exact) mass is 409 g/mol. The van der Waals surface area contributed by atoms with Crippen LogP contribution in [0.25, 0.3) is 21.0 Å². The zero-order valence-electron chi connectivity index (χ0n) is 13.9. The quantitative estimate of drug-likeness (QED) is 0.536. The minimum atomic E-state index is -1.93. The number of rotatable bonds is 2. The van der Waals surface area contributed by atoms with Gasteiger partial charge in [-0.3, -0.25) is 4.79 Å². The van der Waals surface area contributed by atoms with Crippen LogP contribution in [-0.4, -0.2) is 13.3 Å². The SMILES string of the molecule is CC(C)(C)[Si](C)(C)Oc1ccc2[nH]c(=O)c3sccc3c2c1Br. The minimum Gasteiger partial charge on any atom is -0.543 e. The molecule has 0 aliphatic carbocycles. The van der Waals surface area contributed by atoms with Gasteiger partial charge in [-0.15, -0.1) is 11.3 Å². The van der Waals surface area contributed by atoms with Crippen molar-refractivity contribution >= 4 is 56.6 Å². The van der Waals surface area contributed by atoms with E-state index in [9.17, 15) is 4.79 Å². The number of pyridine rings is 1. The van der Waals surface area contributed by atoms with Gasteiger partial charge in [0.25, 0.3) is 13.9 Å². The molecule has 0 bridgehead atoms. The summed E-state index contributed by atoms with van der Waals surface area (Å²) in [5.41, 5.74) is 0.794. The number of hydrogen-bond acceptors (Lipinski definition) is 3. The topological polar surface area (TPSA) is 42.1 Å². The molecule has 1 N–H and O–H groups in total. The number of aromatic nitrogens is 1. The van der Waals surface area contributed by atoms with Crippen LogP contribution in [0.1, 0.15) is 20.8 Å². The lowest BCUT2D eigenvalue weighted by atomic mass is 10.1. The van der Waals surface area contributed by atoms with Gasteiger partial charge < -0.3 is 9.41 Å². The summed E-state index contributed by atoms with van der Waals surface area (Å²) < 4.78 is 8.13. The predicted octanol–water partition coefficient (Wildman–Crippen LogP) is 5.89. The average Bonchev–Trinajstić information content (AvgIpc) is 2.90. The van der Waals surface area contributed by atoms with Gasteiger partial charge in [0.2, 0.25) is 0 Å². The van der Waals surface area contributed by atoms with E-state index in [1.165, 1.54) is 11.3 Å². The van der Waals surface area contributed by atoms with Gasteiger partial charge >= 0.3 is 0 Å². The van der Waals surface area contributed by atoms with Crippen LogP contribution >= 0.6 is 27.3 Å². The maximum Gasteiger partial charge on any atom is 0.266 e. The van der Waals surface area contributed by atoms with E-state index in [0.29, 0.717) is 0 Å². The Kier molecular flexibility index (Phi) is 3.97. The second kappa shape index (κ2) is 5.46. The lowest BCUT2D eigenvalue weighted by molar-refractivity contribution is 0.490. The van der Waals surface area contributed by atoms with Crippen molar-refractivity contribution in [2.24, 2.45) is 0 Å². The van der Waals surface area contributed by atoms with Gasteiger partial charge in [-0.05, 0) is 57.6 Å². The van der Waals surface area contributed by atoms with Crippen LogP contribution in [-0.2, 0) is 0 Å². The van der Waals surface area contributed by atoms with E-state index in [1.807, 2.05) is 23.6 Å². The summed E-state index contributed by atoms with van der Waals surface area (Å²) >= 11 is 5.18. The van der Waals surface area contributed by atoms with Crippen molar-refractivity contribution in [1.82, 2.24) is 4.98 Å². The lowest BCUT2D eigenvalue weighted by Crippen LogP contribution is -2.43. The number of benzene rings is 1. The summed E-state index contributed by atoms with van der Waals surface area (Å²) in [5.74, 6) is 0.851. The number of nitrogens with one attached hydrogen (secondary N) is 1. The molecule has 2 aromatic heterocycles. The van der Waals surface area contributed by atoms with E-state index >= 15 is 0 Å². The highest BCUT2D eigenvalue weighted by molar-refractivity contribution is 9.10. The average molecular weight is 410 g/mol. The first-order valence-electron chi connectivity index (χ1n) is 7.52. The molecular weight excluding hydrogens is 390 g/mol. The number of thiophene rings is 1. The van der Waals surface area contributed by atoms with E-state index in [1.54, 1.807) is 0 Å². The zero-order valence-corrected chi connectivity index (χ0v) is 17.3. The maximum absolute atomic E-state index is 12.1. The third kappa shape index (κ3) is 2.77. The Labute approximate surface area is 148 Å². The minimum absolute atomic E-state index is 0.0348.